The van der Waals surface area contributed by atoms with Crippen LogP contribution in [-0.2, 0) is 0 Å². The Morgan fingerprint density at radius 2 is 2.00 bits per heavy atom. The second-order valence-electron chi connectivity index (χ2n) is 3.25. The molecule has 0 saturated heterocycles. The molecule has 0 amide bonds. The summed E-state index contributed by atoms with van der Waals surface area (Å²) in [6.45, 7) is 3.68. The van der Waals surface area contributed by atoms with Gasteiger partial charge in [0.2, 0.25) is 0 Å². The molecule has 0 aliphatic heterocycles. The molecule has 1 rings (SSSR count). The van der Waals surface area contributed by atoms with Gasteiger partial charge in [0, 0.05) is 6.04 Å². The Hall–Kier alpha value is -0.990. The van der Waals surface area contributed by atoms with Crippen LogP contribution >= 0.6 is 12.4 Å². The van der Waals surface area contributed by atoms with Gasteiger partial charge in [-0.2, -0.15) is 0 Å². The fourth-order valence-electron chi connectivity index (χ4n) is 1.32. The molecule has 15 heavy (non-hydrogen) atoms. The molecular weight excluding hydrogens is 210 g/mol. The van der Waals surface area contributed by atoms with Crippen LogP contribution < -0.4 is 10.5 Å². The fourth-order valence-corrected chi connectivity index (χ4v) is 1.32. The number of nitrogens with two attached hydrogens (primary N) is 1. The Balaban J connectivity index is 0.00000196. The quantitative estimate of drug-likeness (QED) is 0.785. The van der Waals surface area contributed by atoms with Crippen LogP contribution in [-0.4, -0.2) is 7.11 Å². The van der Waals surface area contributed by atoms with E-state index in [1.807, 2.05) is 30.3 Å². The van der Waals surface area contributed by atoms with Gasteiger partial charge < -0.3 is 10.5 Å². The first-order valence-corrected chi connectivity index (χ1v) is 4.78. The number of rotatable bonds is 5. The highest BCUT2D eigenvalue weighted by molar-refractivity contribution is 5.85. The molecule has 1 aromatic rings. The van der Waals surface area contributed by atoms with Gasteiger partial charge in [0.1, 0.15) is 5.75 Å². The highest BCUT2D eigenvalue weighted by atomic mass is 35.5. The standard InChI is InChI=1S/C12H17NO.ClH/c1-3-4-5-12(13)10-6-8-11(14-2)9-7-10;/h3,6-9,12H,1,4-5,13H2,2H3;1H/t12-;/m0./s1. The lowest BCUT2D eigenvalue weighted by atomic mass is 10.0. The summed E-state index contributed by atoms with van der Waals surface area (Å²) in [4.78, 5) is 0. The van der Waals surface area contributed by atoms with Crippen molar-refractivity contribution in [3.63, 3.8) is 0 Å². The van der Waals surface area contributed by atoms with Crippen molar-refractivity contribution >= 4 is 12.4 Å². The van der Waals surface area contributed by atoms with Crippen molar-refractivity contribution in [1.82, 2.24) is 0 Å². The maximum absolute atomic E-state index is 5.98. The van der Waals surface area contributed by atoms with Crippen LogP contribution in [0.5, 0.6) is 5.75 Å². The molecule has 3 heteroatoms. The van der Waals surface area contributed by atoms with Crippen LogP contribution in [0.15, 0.2) is 36.9 Å². The van der Waals surface area contributed by atoms with Gasteiger partial charge in [0.25, 0.3) is 0 Å². The topological polar surface area (TPSA) is 35.2 Å². The largest absolute Gasteiger partial charge is 0.497 e. The number of halogens is 1. The molecule has 1 atom stereocenters. The molecule has 0 radical (unpaired) electrons. The first-order valence-electron chi connectivity index (χ1n) is 4.78. The lowest BCUT2D eigenvalue weighted by Gasteiger charge is -2.10. The van der Waals surface area contributed by atoms with Gasteiger partial charge in [-0.15, -0.1) is 19.0 Å². The molecule has 2 nitrogen and oxygen atoms in total. The van der Waals surface area contributed by atoms with Crippen LogP contribution in [0.1, 0.15) is 24.4 Å². The summed E-state index contributed by atoms with van der Waals surface area (Å²) in [5.74, 6) is 0.865. The lowest BCUT2D eigenvalue weighted by Crippen LogP contribution is -2.09. The average molecular weight is 228 g/mol. The number of hydrogen-bond donors (Lipinski definition) is 1. The van der Waals surface area contributed by atoms with Gasteiger partial charge in [-0.05, 0) is 30.5 Å². The summed E-state index contributed by atoms with van der Waals surface area (Å²) >= 11 is 0. The molecule has 0 spiro atoms. The Morgan fingerprint density at radius 3 is 2.47 bits per heavy atom. The molecule has 0 unspecified atom stereocenters. The van der Waals surface area contributed by atoms with E-state index >= 15 is 0 Å². The minimum atomic E-state index is 0. The molecule has 0 bridgehead atoms. The Morgan fingerprint density at radius 1 is 1.40 bits per heavy atom. The molecule has 0 aromatic heterocycles. The zero-order valence-electron chi connectivity index (χ0n) is 8.98. The predicted octanol–water partition coefficient (Wildman–Crippen LogP) is 3.08. The number of benzene rings is 1. The van der Waals surface area contributed by atoms with E-state index < -0.39 is 0 Å². The van der Waals surface area contributed by atoms with Crippen LogP contribution in [0.4, 0.5) is 0 Å². The Labute approximate surface area is 97.5 Å². The van der Waals surface area contributed by atoms with Gasteiger partial charge >= 0.3 is 0 Å². The van der Waals surface area contributed by atoms with E-state index in [2.05, 4.69) is 6.58 Å². The second kappa shape index (κ2) is 7.32. The van der Waals surface area contributed by atoms with E-state index in [0.717, 1.165) is 24.2 Å². The van der Waals surface area contributed by atoms with E-state index in [4.69, 9.17) is 10.5 Å². The summed E-state index contributed by atoms with van der Waals surface area (Å²) < 4.78 is 5.07. The zero-order valence-corrected chi connectivity index (χ0v) is 9.80. The summed E-state index contributed by atoms with van der Waals surface area (Å²) in [6.07, 6.45) is 3.78. The van der Waals surface area contributed by atoms with Crippen molar-refractivity contribution in [3.05, 3.63) is 42.5 Å². The molecule has 0 aliphatic rings. The van der Waals surface area contributed by atoms with E-state index in [1.54, 1.807) is 7.11 Å². The minimum Gasteiger partial charge on any atom is -0.497 e. The third-order valence-electron chi connectivity index (χ3n) is 2.23. The van der Waals surface area contributed by atoms with Gasteiger partial charge in [0.15, 0.2) is 0 Å². The van der Waals surface area contributed by atoms with Crippen molar-refractivity contribution in [2.24, 2.45) is 5.73 Å². The summed E-state index contributed by atoms with van der Waals surface area (Å²) in [5, 5.41) is 0. The molecule has 0 saturated carbocycles. The maximum Gasteiger partial charge on any atom is 0.118 e. The van der Waals surface area contributed by atoms with E-state index in [-0.39, 0.29) is 18.4 Å². The average Bonchev–Trinajstić information content (AvgIpc) is 2.26. The van der Waals surface area contributed by atoms with Crippen molar-refractivity contribution in [3.8, 4) is 5.75 Å². The second-order valence-corrected chi connectivity index (χ2v) is 3.25. The zero-order chi connectivity index (χ0) is 10.4. The smallest absolute Gasteiger partial charge is 0.118 e. The third-order valence-corrected chi connectivity index (χ3v) is 2.23. The molecular formula is C12H18ClNO. The van der Waals surface area contributed by atoms with Crippen LogP contribution in [0.25, 0.3) is 0 Å². The number of allylic oxidation sites excluding steroid dienone is 1. The summed E-state index contributed by atoms with van der Waals surface area (Å²) in [6, 6.07) is 7.98. The predicted molar refractivity (Wildman–Crippen MR) is 66.6 cm³/mol. The highest BCUT2D eigenvalue weighted by Gasteiger charge is 2.04. The van der Waals surface area contributed by atoms with Gasteiger partial charge in [0.05, 0.1) is 7.11 Å². The normalized spacial score (nSPS) is 11.3. The third kappa shape index (κ3) is 4.36. The van der Waals surface area contributed by atoms with Crippen LogP contribution in [0.2, 0.25) is 0 Å². The Bertz CT molecular complexity index is 284. The molecule has 0 heterocycles. The van der Waals surface area contributed by atoms with Crippen molar-refractivity contribution in [1.29, 1.82) is 0 Å². The SMILES string of the molecule is C=CCC[C@H](N)c1ccc(OC)cc1.Cl. The van der Waals surface area contributed by atoms with Crippen LogP contribution in [0.3, 0.4) is 0 Å². The van der Waals surface area contributed by atoms with Crippen molar-refractivity contribution < 1.29 is 4.74 Å². The summed E-state index contributed by atoms with van der Waals surface area (Å²) in [7, 11) is 1.66. The highest BCUT2D eigenvalue weighted by Crippen LogP contribution is 2.19. The molecule has 0 fully saturated rings. The van der Waals surface area contributed by atoms with E-state index in [1.165, 1.54) is 0 Å². The Kier molecular flexibility index (Phi) is 6.84. The van der Waals surface area contributed by atoms with Crippen molar-refractivity contribution in [2.75, 3.05) is 7.11 Å². The molecule has 84 valence electrons. The number of ether oxygens (including phenoxy) is 1. The van der Waals surface area contributed by atoms with Crippen molar-refractivity contribution in [2.45, 2.75) is 18.9 Å². The minimum absolute atomic E-state index is 0. The van der Waals surface area contributed by atoms with Gasteiger partial charge in [-0.1, -0.05) is 18.2 Å². The number of hydrogen-bond acceptors (Lipinski definition) is 2. The summed E-state index contributed by atoms with van der Waals surface area (Å²) in [5.41, 5.74) is 7.13. The first-order chi connectivity index (χ1) is 6.77. The molecule has 1 aromatic carbocycles. The maximum atomic E-state index is 5.98. The number of methoxy groups -OCH3 is 1. The van der Waals surface area contributed by atoms with E-state index in [9.17, 15) is 0 Å². The van der Waals surface area contributed by atoms with Gasteiger partial charge in [-0.25, -0.2) is 0 Å². The monoisotopic (exact) mass is 227 g/mol. The van der Waals surface area contributed by atoms with E-state index in [0.29, 0.717) is 0 Å². The lowest BCUT2D eigenvalue weighted by molar-refractivity contribution is 0.414. The first kappa shape index (κ1) is 14.0. The van der Waals surface area contributed by atoms with Crippen LogP contribution in [0, 0.1) is 0 Å². The molecule has 0 aliphatic carbocycles. The fraction of sp³-hybridized carbons (Fsp3) is 0.333. The molecule has 2 N–H and O–H groups in total. The van der Waals surface area contributed by atoms with Gasteiger partial charge in [-0.3, -0.25) is 0 Å².